The normalized spacial score (nSPS) is 14.5. The molecule has 3 rings (SSSR count). The lowest BCUT2D eigenvalue weighted by Gasteiger charge is -2.40. The second-order valence-corrected chi connectivity index (χ2v) is 8.48. The van der Waals surface area contributed by atoms with Crippen LogP contribution in [0.4, 0.5) is 0 Å². The monoisotopic (exact) mass is 436 g/mol. The van der Waals surface area contributed by atoms with E-state index in [-0.39, 0.29) is 17.9 Å². The molecule has 0 unspecified atom stereocenters. The molecule has 5 nitrogen and oxygen atoms in total. The van der Waals surface area contributed by atoms with Crippen molar-refractivity contribution in [1.29, 1.82) is 0 Å². The van der Waals surface area contributed by atoms with Gasteiger partial charge in [0.1, 0.15) is 0 Å². The number of esters is 1. The molecule has 0 bridgehead atoms. The Morgan fingerprint density at radius 1 is 0.750 bits per heavy atom. The lowest BCUT2D eigenvalue weighted by Crippen LogP contribution is -2.49. The number of benzene rings is 2. The van der Waals surface area contributed by atoms with Gasteiger partial charge in [0.15, 0.2) is 0 Å². The molecule has 0 spiro atoms. The van der Waals surface area contributed by atoms with Gasteiger partial charge in [0.25, 0.3) is 0 Å². The third kappa shape index (κ3) is 7.20. The van der Waals surface area contributed by atoms with Gasteiger partial charge in [-0.25, -0.2) is 0 Å². The quantitative estimate of drug-likeness (QED) is 0.374. The summed E-state index contributed by atoms with van der Waals surface area (Å²) in [7, 11) is 1.43. The average molecular weight is 437 g/mol. The minimum absolute atomic E-state index is 0.138. The van der Waals surface area contributed by atoms with Gasteiger partial charge in [-0.05, 0) is 24.0 Å². The second-order valence-electron chi connectivity index (χ2n) is 8.48. The van der Waals surface area contributed by atoms with Gasteiger partial charge in [-0.3, -0.25) is 14.5 Å². The molecule has 0 atom stereocenters. The standard InChI is InChI=1S/C27H36N2O3/c1-32-26(31)18-12-4-2-3-11-17-25(30)28-19-21-29(22-20-28)27(23-13-7-5-8-14-23)24-15-9-6-10-16-24/h5-10,13-16,27H,2-4,11-12,17-22H2,1H3. The Morgan fingerprint density at radius 3 is 1.78 bits per heavy atom. The SMILES string of the molecule is COC(=O)CCCCCCCC(=O)N1CCN(C(c2ccccc2)c2ccccc2)CC1. The predicted octanol–water partition coefficient (Wildman–Crippen LogP) is 4.82. The number of nitrogens with zero attached hydrogens (tertiary/aromatic N) is 2. The molecule has 172 valence electrons. The van der Waals surface area contributed by atoms with Crippen molar-refractivity contribution in [2.75, 3.05) is 33.3 Å². The highest BCUT2D eigenvalue weighted by molar-refractivity contribution is 5.76. The average Bonchev–Trinajstić information content (AvgIpc) is 2.85. The maximum atomic E-state index is 12.7. The van der Waals surface area contributed by atoms with Crippen molar-refractivity contribution in [2.24, 2.45) is 0 Å². The van der Waals surface area contributed by atoms with Gasteiger partial charge >= 0.3 is 5.97 Å². The third-order valence-electron chi connectivity index (χ3n) is 6.26. The van der Waals surface area contributed by atoms with Crippen LogP contribution in [0.15, 0.2) is 60.7 Å². The molecule has 1 saturated heterocycles. The zero-order chi connectivity index (χ0) is 22.6. The van der Waals surface area contributed by atoms with E-state index in [0.29, 0.717) is 12.8 Å². The predicted molar refractivity (Wildman–Crippen MR) is 127 cm³/mol. The Kier molecular flexibility index (Phi) is 9.76. The topological polar surface area (TPSA) is 49.9 Å². The fourth-order valence-corrected chi connectivity index (χ4v) is 4.45. The number of amides is 1. The van der Waals surface area contributed by atoms with E-state index in [0.717, 1.165) is 58.3 Å². The second kappa shape index (κ2) is 13.0. The van der Waals surface area contributed by atoms with E-state index >= 15 is 0 Å². The number of hydrogen-bond donors (Lipinski definition) is 0. The number of unbranched alkanes of at least 4 members (excludes halogenated alkanes) is 4. The van der Waals surface area contributed by atoms with E-state index in [1.165, 1.54) is 18.2 Å². The fourth-order valence-electron chi connectivity index (χ4n) is 4.45. The molecule has 1 fully saturated rings. The van der Waals surface area contributed by atoms with Gasteiger partial charge in [-0.1, -0.05) is 79.9 Å². The molecule has 0 aromatic heterocycles. The Morgan fingerprint density at radius 2 is 1.25 bits per heavy atom. The van der Waals surface area contributed by atoms with Crippen LogP contribution < -0.4 is 0 Å². The van der Waals surface area contributed by atoms with Crippen LogP contribution in [0.2, 0.25) is 0 Å². The first-order valence-electron chi connectivity index (χ1n) is 11.9. The van der Waals surface area contributed by atoms with E-state index < -0.39 is 0 Å². The fraction of sp³-hybridized carbons (Fsp3) is 0.481. The maximum absolute atomic E-state index is 12.7. The molecule has 1 aliphatic rings. The first-order valence-corrected chi connectivity index (χ1v) is 11.9. The number of carbonyl (C=O) groups excluding carboxylic acids is 2. The minimum atomic E-state index is -0.138. The summed E-state index contributed by atoms with van der Waals surface area (Å²) in [4.78, 5) is 28.3. The first kappa shape index (κ1) is 24.0. The molecule has 2 aromatic rings. The number of piperazine rings is 1. The van der Waals surface area contributed by atoms with Crippen LogP contribution in [0.5, 0.6) is 0 Å². The molecule has 0 radical (unpaired) electrons. The zero-order valence-electron chi connectivity index (χ0n) is 19.2. The minimum Gasteiger partial charge on any atom is -0.469 e. The van der Waals surface area contributed by atoms with E-state index in [2.05, 4.69) is 70.3 Å². The zero-order valence-corrected chi connectivity index (χ0v) is 19.2. The van der Waals surface area contributed by atoms with Crippen molar-refractivity contribution >= 4 is 11.9 Å². The molecule has 0 N–H and O–H groups in total. The van der Waals surface area contributed by atoms with Crippen molar-refractivity contribution in [3.8, 4) is 0 Å². The van der Waals surface area contributed by atoms with Crippen LogP contribution in [-0.2, 0) is 14.3 Å². The Hall–Kier alpha value is -2.66. The molecule has 5 heteroatoms. The van der Waals surface area contributed by atoms with E-state index in [4.69, 9.17) is 0 Å². The summed E-state index contributed by atoms with van der Waals surface area (Å²) in [5.74, 6) is 0.135. The van der Waals surface area contributed by atoms with Crippen LogP contribution in [0.25, 0.3) is 0 Å². The van der Waals surface area contributed by atoms with Crippen LogP contribution in [0, 0.1) is 0 Å². The summed E-state index contributed by atoms with van der Waals surface area (Å²) in [6.07, 6.45) is 6.03. The third-order valence-corrected chi connectivity index (χ3v) is 6.26. The Labute approximate surface area is 192 Å². The molecule has 1 amide bonds. The van der Waals surface area contributed by atoms with Crippen LogP contribution >= 0.6 is 0 Å². The van der Waals surface area contributed by atoms with Crippen LogP contribution in [0.1, 0.15) is 62.1 Å². The van der Waals surface area contributed by atoms with Crippen molar-refractivity contribution in [1.82, 2.24) is 9.80 Å². The molecule has 2 aromatic carbocycles. The van der Waals surface area contributed by atoms with Gasteiger partial charge in [-0.15, -0.1) is 0 Å². The number of ether oxygens (including phenoxy) is 1. The lowest BCUT2D eigenvalue weighted by atomic mass is 9.96. The largest absolute Gasteiger partial charge is 0.469 e. The Balaban J connectivity index is 1.43. The van der Waals surface area contributed by atoms with Crippen LogP contribution in [0.3, 0.4) is 0 Å². The number of methoxy groups -OCH3 is 1. The van der Waals surface area contributed by atoms with E-state index in [1.54, 1.807) is 0 Å². The smallest absolute Gasteiger partial charge is 0.305 e. The molecule has 32 heavy (non-hydrogen) atoms. The highest BCUT2D eigenvalue weighted by Crippen LogP contribution is 2.29. The van der Waals surface area contributed by atoms with E-state index in [1.807, 2.05) is 4.90 Å². The molecular formula is C27H36N2O3. The van der Waals surface area contributed by atoms with Gasteiger partial charge in [0, 0.05) is 39.0 Å². The van der Waals surface area contributed by atoms with Crippen molar-refractivity contribution in [3.63, 3.8) is 0 Å². The van der Waals surface area contributed by atoms with Crippen molar-refractivity contribution in [2.45, 2.75) is 51.0 Å². The summed E-state index contributed by atoms with van der Waals surface area (Å²) >= 11 is 0. The molecule has 1 aliphatic heterocycles. The molecule has 0 saturated carbocycles. The van der Waals surface area contributed by atoms with Crippen molar-refractivity contribution < 1.29 is 14.3 Å². The summed E-state index contributed by atoms with van der Waals surface area (Å²) in [5.41, 5.74) is 2.59. The summed E-state index contributed by atoms with van der Waals surface area (Å²) < 4.78 is 4.66. The van der Waals surface area contributed by atoms with Crippen LogP contribution in [-0.4, -0.2) is 55.0 Å². The summed E-state index contributed by atoms with van der Waals surface area (Å²) in [6, 6.07) is 21.5. The summed E-state index contributed by atoms with van der Waals surface area (Å²) in [6.45, 7) is 3.34. The first-order chi connectivity index (χ1) is 15.7. The lowest BCUT2D eigenvalue weighted by molar-refractivity contribution is -0.140. The summed E-state index contributed by atoms with van der Waals surface area (Å²) in [5, 5.41) is 0. The van der Waals surface area contributed by atoms with E-state index in [9.17, 15) is 9.59 Å². The maximum Gasteiger partial charge on any atom is 0.305 e. The molecule has 1 heterocycles. The van der Waals surface area contributed by atoms with Gasteiger partial charge in [-0.2, -0.15) is 0 Å². The van der Waals surface area contributed by atoms with Gasteiger partial charge in [0.2, 0.25) is 5.91 Å². The molecule has 0 aliphatic carbocycles. The highest BCUT2D eigenvalue weighted by Gasteiger charge is 2.27. The van der Waals surface area contributed by atoms with Gasteiger partial charge in [0.05, 0.1) is 13.2 Å². The Bertz CT molecular complexity index is 778. The van der Waals surface area contributed by atoms with Crippen molar-refractivity contribution in [3.05, 3.63) is 71.8 Å². The number of hydrogen-bond acceptors (Lipinski definition) is 4. The molecular weight excluding hydrogens is 400 g/mol. The number of rotatable bonds is 11. The highest BCUT2D eigenvalue weighted by atomic mass is 16.5. The van der Waals surface area contributed by atoms with Gasteiger partial charge < -0.3 is 9.64 Å². The number of carbonyl (C=O) groups is 2.